The van der Waals surface area contributed by atoms with E-state index in [2.05, 4.69) is 5.32 Å². The number of carbonyl (C=O) groups excluding carboxylic acids is 3. The summed E-state index contributed by atoms with van der Waals surface area (Å²) in [6.45, 7) is 2.08. The molecule has 2 aromatic rings. The van der Waals surface area contributed by atoms with Crippen LogP contribution in [0.2, 0.25) is 0 Å². The van der Waals surface area contributed by atoms with Crippen molar-refractivity contribution in [3.8, 4) is 0 Å². The molecule has 0 radical (unpaired) electrons. The minimum absolute atomic E-state index is 0.0351. The molecule has 0 amide bonds. The van der Waals surface area contributed by atoms with Crippen LogP contribution in [0.3, 0.4) is 0 Å². The summed E-state index contributed by atoms with van der Waals surface area (Å²) in [5, 5.41) is 3.29. The molecule has 0 aromatic heterocycles. The molecule has 0 fully saturated rings. The van der Waals surface area contributed by atoms with E-state index in [4.69, 9.17) is 9.47 Å². The minimum atomic E-state index is -0.537. The van der Waals surface area contributed by atoms with Gasteiger partial charge in [-0.2, -0.15) is 0 Å². The van der Waals surface area contributed by atoms with E-state index < -0.39 is 17.9 Å². The Kier molecular flexibility index (Phi) is 6.73. The summed E-state index contributed by atoms with van der Waals surface area (Å²) in [5.41, 5.74) is 4.87. The number of ketones is 1. The number of methoxy groups -OCH3 is 1. The zero-order valence-corrected chi connectivity index (χ0v) is 18.9. The lowest BCUT2D eigenvalue weighted by Gasteiger charge is -2.34. The first-order valence-electron chi connectivity index (χ1n) is 11.1. The number of nitrogens with one attached hydrogen (secondary N) is 1. The summed E-state index contributed by atoms with van der Waals surface area (Å²) in [7, 11) is 1.33. The van der Waals surface area contributed by atoms with E-state index in [1.807, 2.05) is 37.3 Å². The molecule has 2 aromatic carbocycles. The number of rotatable bonds is 6. The maximum absolute atomic E-state index is 13.3. The molecule has 1 unspecified atom stereocenters. The summed E-state index contributed by atoms with van der Waals surface area (Å²) in [5.74, 6) is -1.38. The first-order valence-corrected chi connectivity index (χ1v) is 11.1. The minimum Gasteiger partial charge on any atom is -0.465 e. The van der Waals surface area contributed by atoms with Gasteiger partial charge in [0.1, 0.15) is 0 Å². The Morgan fingerprint density at radius 1 is 1.00 bits per heavy atom. The molecule has 1 N–H and O–H groups in total. The number of hydrogen-bond acceptors (Lipinski definition) is 6. The van der Waals surface area contributed by atoms with Gasteiger partial charge >= 0.3 is 11.9 Å². The highest BCUT2D eigenvalue weighted by molar-refractivity contribution is 6.03. The van der Waals surface area contributed by atoms with Crippen LogP contribution in [-0.2, 0) is 25.5 Å². The van der Waals surface area contributed by atoms with Gasteiger partial charge in [-0.15, -0.1) is 0 Å². The Bertz CT molecular complexity index is 1130. The maximum atomic E-state index is 13.3. The molecule has 0 saturated heterocycles. The van der Waals surface area contributed by atoms with E-state index in [1.165, 1.54) is 7.11 Å². The number of benzene rings is 2. The summed E-state index contributed by atoms with van der Waals surface area (Å²) in [6, 6.07) is 16.7. The van der Waals surface area contributed by atoms with Crippen molar-refractivity contribution in [1.29, 1.82) is 0 Å². The van der Waals surface area contributed by atoms with Crippen LogP contribution >= 0.6 is 0 Å². The predicted octanol–water partition coefficient (Wildman–Crippen LogP) is 4.23. The van der Waals surface area contributed by atoms with Crippen molar-refractivity contribution in [2.75, 3.05) is 13.7 Å². The second kappa shape index (κ2) is 9.86. The number of allylic oxidation sites excluding steroid dienone is 3. The van der Waals surface area contributed by atoms with Crippen molar-refractivity contribution in [2.24, 2.45) is 0 Å². The lowest BCUT2D eigenvalue weighted by Crippen LogP contribution is -2.34. The van der Waals surface area contributed by atoms with E-state index in [-0.39, 0.29) is 12.4 Å². The number of dihydropyridines is 1. The zero-order chi connectivity index (χ0) is 23.4. The lowest BCUT2D eigenvalue weighted by molar-refractivity contribution is -0.139. The summed E-state index contributed by atoms with van der Waals surface area (Å²) < 4.78 is 10.4. The normalized spacial score (nSPS) is 17.9. The highest BCUT2D eigenvalue weighted by atomic mass is 16.5. The molecule has 6 heteroatoms. The molecule has 1 heterocycles. The van der Waals surface area contributed by atoms with Gasteiger partial charge in [-0.25, -0.2) is 9.59 Å². The van der Waals surface area contributed by atoms with Crippen LogP contribution in [0.25, 0.3) is 0 Å². The van der Waals surface area contributed by atoms with Crippen molar-refractivity contribution < 1.29 is 23.9 Å². The molecule has 1 atom stereocenters. The maximum Gasteiger partial charge on any atom is 0.337 e. The number of hydrogen-bond donors (Lipinski definition) is 1. The standard InChI is InChI=1S/C27H27NO5/c1-17-23(27(31)33-16-15-18-7-4-3-5-8-18)24(25-21(28-17)9-6-10-22(25)29)19-11-13-20(14-12-19)26(30)32-2/h3-5,7-8,11-14,24,28H,6,9-10,15-16H2,1-2H3. The van der Waals surface area contributed by atoms with E-state index in [0.717, 1.165) is 29.7 Å². The van der Waals surface area contributed by atoms with Crippen molar-refractivity contribution in [3.05, 3.63) is 93.8 Å². The third-order valence-electron chi connectivity index (χ3n) is 6.13. The van der Waals surface area contributed by atoms with Gasteiger partial charge in [0.25, 0.3) is 0 Å². The summed E-state index contributed by atoms with van der Waals surface area (Å²) in [6.07, 6.45) is 2.60. The van der Waals surface area contributed by atoms with Gasteiger partial charge in [-0.3, -0.25) is 4.79 Å². The molecule has 2 aliphatic rings. The van der Waals surface area contributed by atoms with E-state index in [1.54, 1.807) is 24.3 Å². The SMILES string of the molecule is COC(=O)c1ccc(C2C(C(=O)OCCc3ccccc3)=C(C)NC3=C2C(=O)CCC3)cc1. The quantitative estimate of drug-likeness (QED) is 0.671. The number of carbonyl (C=O) groups is 3. The molecule has 0 bridgehead atoms. The highest BCUT2D eigenvalue weighted by Gasteiger charge is 2.39. The smallest absolute Gasteiger partial charge is 0.337 e. The first kappa shape index (κ1) is 22.5. The van der Waals surface area contributed by atoms with Gasteiger partial charge in [-0.1, -0.05) is 42.5 Å². The lowest BCUT2D eigenvalue weighted by atomic mass is 9.75. The number of esters is 2. The number of ether oxygens (including phenoxy) is 2. The average molecular weight is 446 g/mol. The van der Waals surface area contributed by atoms with Gasteiger partial charge in [0.2, 0.25) is 0 Å². The van der Waals surface area contributed by atoms with Crippen LogP contribution in [0.5, 0.6) is 0 Å². The van der Waals surface area contributed by atoms with Gasteiger partial charge in [0.05, 0.1) is 24.9 Å². The zero-order valence-electron chi connectivity index (χ0n) is 18.9. The molecule has 0 saturated carbocycles. The molecule has 33 heavy (non-hydrogen) atoms. The Balaban J connectivity index is 1.64. The predicted molar refractivity (Wildman–Crippen MR) is 123 cm³/mol. The van der Waals surface area contributed by atoms with Gasteiger partial charge in [-0.05, 0) is 43.0 Å². The monoisotopic (exact) mass is 445 g/mol. The van der Waals surface area contributed by atoms with Crippen molar-refractivity contribution in [2.45, 2.75) is 38.5 Å². The molecule has 0 spiro atoms. The Hall–Kier alpha value is -3.67. The highest BCUT2D eigenvalue weighted by Crippen LogP contribution is 2.42. The van der Waals surface area contributed by atoms with Gasteiger partial charge < -0.3 is 14.8 Å². The Morgan fingerprint density at radius 3 is 2.42 bits per heavy atom. The third-order valence-corrected chi connectivity index (χ3v) is 6.13. The largest absolute Gasteiger partial charge is 0.465 e. The molecule has 4 rings (SSSR count). The van der Waals surface area contributed by atoms with Crippen molar-refractivity contribution in [1.82, 2.24) is 5.32 Å². The van der Waals surface area contributed by atoms with Crippen LogP contribution in [0, 0.1) is 0 Å². The average Bonchev–Trinajstić information content (AvgIpc) is 2.83. The second-order valence-electron chi connectivity index (χ2n) is 8.25. The Labute approximate surface area is 193 Å². The van der Waals surface area contributed by atoms with Crippen LogP contribution in [-0.4, -0.2) is 31.4 Å². The molecular formula is C27H27NO5. The fourth-order valence-electron chi connectivity index (χ4n) is 4.50. The molecule has 6 nitrogen and oxygen atoms in total. The fraction of sp³-hybridized carbons (Fsp3) is 0.296. The topological polar surface area (TPSA) is 81.7 Å². The van der Waals surface area contributed by atoms with Crippen LogP contribution < -0.4 is 5.32 Å². The van der Waals surface area contributed by atoms with Crippen LogP contribution in [0.15, 0.2) is 77.1 Å². The molecular weight excluding hydrogens is 418 g/mol. The summed E-state index contributed by atoms with van der Waals surface area (Å²) >= 11 is 0. The van der Waals surface area contributed by atoms with E-state index >= 15 is 0 Å². The molecule has 1 aliphatic carbocycles. The summed E-state index contributed by atoms with van der Waals surface area (Å²) in [4.78, 5) is 38.1. The first-order chi connectivity index (χ1) is 16.0. The van der Waals surface area contributed by atoms with E-state index in [0.29, 0.717) is 35.2 Å². The van der Waals surface area contributed by atoms with Gasteiger partial charge in [0.15, 0.2) is 5.78 Å². The second-order valence-corrected chi connectivity index (χ2v) is 8.25. The third kappa shape index (κ3) is 4.75. The van der Waals surface area contributed by atoms with Crippen molar-refractivity contribution >= 4 is 17.7 Å². The molecule has 170 valence electrons. The van der Waals surface area contributed by atoms with E-state index in [9.17, 15) is 14.4 Å². The van der Waals surface area contributed by atoms with Gasteiger partial charge in [0, 0.05) is 35.7 Å². The van der Waals surface area contributed by atoms with Crippen LogP contribution in [0.4, 0.5) is 0 Å². The fourth-order valence-corrected chi connectivity index (χ4v) is 4.50. The van der Waals surface area contributed by atoms with Crippen molar-refractivity contribution in [3.63, 3.8) is 0 Å². The Morgan fingerprint density at radius 2 is 1.73 bits per heavy atom. The van der Waals surface area contributed by atoms with Crippen LogP contribution in [0.1, 0.15) is 53.6 Å². The number of Topliss-reactive ketones (excluding diaryl/α,β-unsaturated/α-hetero) is 1. The molecule has 1 aliphatic heterocycles.